The van der Waals surface area contributed by atoms with Crippen LogP contribution in [0.15, 0.2) is 77.2 Å². The average molecular weight is 437 g/mol. The molecule has 0 aliphatic rings. The molecule has 1 N–H and O–H groups in total. The number of carbonyl (C=O) groups is 1. The van der Waals surface area contributed by atoms with E-state index in [9.17, 15) is 14.0 Å². The van der Waals surface area contributed by atoms with E-state index in [2.05, 4.69) is 10.4 Å². The lowest BCUT2D eigenvalue weighted by Crippen LogP contribution is -2.24. The van der Waals surface area contributed by atoms with Crippen LogP contribution >= 0.6 is 11.3 Å². The van der Waals surface area contributed by atoms with Gasteiger partial charge in [0.25, 0.3) is 5.91 Å². The Labute approximate surface area is 182 Å². The van der Waals surface area contributed by atoms with Crippen molar-refractivity contribution in [2.75, 3.05) is 6.54 Å². The fraction of sp³-hybridized carbons (Fsp3) is 0.174. The number of rotatable bonds is 8. The molecule has 0 fully saturated rings. The van der Waals surface area contributed by atoms with Gasteiger partial charge in [0.2, 0.25) is 0 Å². The molecule has 0 unspecified atom stereocenters. The van der Waals surface area contributed by atoms with E-state index in [0.717, 1.165) is 30.7 Å². The number of hydrogen-bond donors (Lipinski definition) is 1. The highest BCUT2D eigenvalue weighted by Gasteiger charge is 2.15. The molecule has 0 aliphatic heterocycles. The molecular formula is C23H21FN4O2S. The molecule has 0 aliphatic carbocycles. The normalized spacial score (nSPS) is 10.9. The molecule has 0 atom stereocenters. The first-order valence-corrected chi connectivity index (χ1v) is 10.8. The molecule has 4 rings (SSSR count). The molecule has 31 heavy (non-hydrogen) atoms. The van der Waals surface area contributed by atoms with Crippen LogP contribution in [-0.2, 0) is 6.54 Å². The van der Waals surface area contributed by atoms with Gasteiger partial charge in [-0.15, -0.1) is 0 Å². The maximum absolute atomic E-state index is 14.3. The minimum absolute atomic E-state index is 0.184. The molecule has 0 radical (unpaired) electrons. The van der Waals surface area contributed by atoms with Crippen molar-refractivity contribution in [2.45, 2.75) is 19.4 Å². The van der Waals surface area contributed by atoms with Crippen molar-refractivity contribution in [1.82, 2.24) is 19.7 Å². The SMILES string of the molecule is O=C(NCCCCn1cccn1)c1cccc(-c2csc(=O)n2-c2ccccc2F)c1. The number of unbranched alkanes of at least 4 members (excludes halogenated alkanes) is 1. The first-order chi connectivity index (χ1) is 15.1. The van der Waals surface area contributed by atoms with Gasteiger partial charge in [-0.05, 0) is 43.2 Å². The zero-order valence-electron chi connectivity index (χ0n) is 16.7. The van der Waals surface area contributed by atoms with Crippen molar-refractivity contribution < 1.29 is 9.18 Å². The molecule has 2 aromatic heterocycles. The summed E-state index contributed by atoms with van der Waals surface area (Å²) in [5.41, 5.74) is 1.90. The molecule has 0 spiro atoms. The van der Waals surface area contributed by atoms with E-state index in [1.807, 2.05) is 16.9 Å². The van der Waals surface area contributed by atoms with Gasteiger partial charge in [-0.3, -0.25) is 18.8 Å². The zero-order valence-corrected chi connectivity index (χ0v) is 17.5. The summed E-state index contributed by atoms with van der Waals surface area (Å²) < 4.78 is 17.5. The number of aryl methyl sites for hydroxylation is 1. The largest absolute Gasteiger partial charge is 0.352 e. The second kappa shape index (κ2) is 9.53. The van der Waals surface area contributed by atoms with E-state index >= 15 is 0 Å². The van der Waals surface area contributed by atoms with Crippen LogP contribution in [0.4, 0.5) is 4.39 Å². The monoisotopic (exact) mass is 436 g/mol. The van der Waals surface area contributed by atoms with Gasteiger partial charge in [-0.25, -0.2) is 4.39 Å². The van der Waals surface area contributed by atoms with E-state index in [-0.39, 0.29) is 16.5 Å². The van der Waals surface area contributed by atoms with Crippen LogP contribution in [0.5, 0.6) is 0 Å². The summed E-state index contributed by atoms with van der Waals surface area (Å²) in [5.74, 6) is -0.663. The van der Waals surface area contributed by atoms with Crippen molar-refractivity contribution in [3.63, 3.8) is 0 Å². The van der Waals surface area contributed by atoms with Crippen LogP contribution in [0.3, 0.4) is 0 Å². The summed E-state index contributed by atoms with van der Waals surface area (Å²) in [6.45, 7) is 1.37. The maximum atomic E-state index is 14.3. The topological polar surface area (TPSA) is 68.9 Å². The highest BCUT2D eigenvalue weighted by atomic mass is 32.1. The number of para-hydroxylation sites is 1. The van der Waals surface area contributed by atoms with Crippen LogP contribution in [0.1, 0.15) is 23.2 Å². The molecule has 4 aromatic rings. The Morgan fingerprint density at radius 1 is 1.10 bits per heavy atom. The Bertz CT molecular complexity index is 1230. The molecule has 0 bridgehead atoms. The predicted octanol–water partition coefficient (Wildman–Crippen LogP) is 4.11. The molecule has 158 valence electrons. The van der Waals surface area contributed by atoms with Crippen LogP contribution in [0, 0.1) is 5.82 Å². The standard InChI is InChI=1S/C23H21FN4O2S/c24-19-9-1-2-10-20(19)28-21(16-31-23(28)30)17-7-5-8-18(15-17)22(29)25-11-3-4-13-27-14-6-12-26-27/h1-2,5-10,12,14-16H,3-4,11,13H2,(H,25,29). The maximum Gasteiger partial charge on any atom is 0.312 e. The molecule has 0 saturated carbocycles. The number of thiazole rings is 1. The third-order valence-electron chi connectivity index (χ3n) is 4.87. The lowest BCUT2D eigenvalue weighted by molar-refractivity contribution is 0.0953. The van der Waals surface area contributed by atoms with Gasteiger partial charge in [0.15, 0.2) is 0 Å². The zero-order chi connectivity index (χ0) is 21.6. The van der Waals surface area contributed by atoms with E-state index in [4.69, 9.17) is 0 Å². The van der Waals surface area contributed by atoms with Gasteiger partial charge < -0.3 is 5.32 Å². The second-order valence-corrected chi connectivity index (χ2v) is 7.81. The number of halogens is 1. The number of hydrogen-bond acceptors (Lipinski definition) is 4. The number of amides is 1. The van der Waals surface area contributed by atoms with Gasteiger partial charge >= 0.3 is 4.87 Å². The van der Waals surface area contributed by atoms with Gasteiger partial charge in [0.1, 0.15) is 5.82 Å². The fourth-order valence-electron chi connectivity index (χ4n) is 3.32. The minimum atomic E-state index is -0.478. The third-order valence-corrected chi connectivity index (χ3v) is 5.59. The molecule has 8 heteroatoms. The molecule has 2 aromatic carbocycles. The van der Waals surface area contributed by atoms with E-state index in [0.29, 0.717) is 23.4 Å². The predicted molar refractivity (Wildman–Crippen MR) is 119 cm³/mol. The Balaban J connectivity index is 1.46. The number of benzene rings is 2. The first kappa shape index (κ1) is 20.7. The van der Waals surface area contributed by atoms with Gasteiger partial charge in [0.05, 0.1) is 11.4 Å². The summed E-state index contributed by atoms with van der Waals surface area (Å²) in [6.07, 6.45) is 5.40. The van der Waals surface area contributed by atoms with Crippen LogP contribution in [0.2, 0.25) is 0 Å². The molecule has 1 amide bonds. The minimum Gasteiger partial charge on any atom is -0.352 e. The summed E-state index contributed by atoms with van der Waals surface area (Å²) in [6, 6.07) is 15.0. The molecule has 2 heterocycles. The summed E-state index contributed by atoms with van der Waals surface area (Å²) >= 11 is 0.995. The van der Waals surface area contributed by atoms with Crippen molar-refractivity contribution in [3.8, 4) is 16.9 Å². The van der Waals surface area contributed by atoms with Crippen molar-refractivity contribution in [3.05, 3.63) is 93.4 Å². The Morgan fingerprint density at radius 3 is 2.77 bits per heavy atom. The first-order valence-electron chi connectivity index (χ1n) is 9.95. The van der Waals surface area contributed by atoms with Gasteiger partial charge in [-0.1, -0.05) is 35.6 Å². The van der Waals surface area contributed by atoms with Gasteiger partial charge in [-0.2, -0.15) is 5.10 Å². The Kier molecular flexibility index (Phi) is 6.37. The van der Waals surface area contributed by atoms with E-state index in [1.165, 1.54) is 10.6 Å². The van der Waals surface area contributed by atoms with Crippen LogP contribution in [0.25, 0.3) is 16.9 Å². The van der Waals surface area contributed by atoms with E-state index < -0.39 is 5.82 Å². The molecule has 0 saturated heterocycles. The number of nitrogens with one attached hydrogen (secondary N) is 1. The number of nitrogens with zero attached hydrogens (tertiary/aromatic N) is 3. The summed E-state index contributed by atoms with van der Waals surface area (Å²) in [4.78, 5) is 24.7. The molecule has 6 nitrogen and oxygen atoms in total. The van der Waals surface area contributed by atoms with Crippen molar-refractivity contribution >= 4 is 17.2 Å². The highest BCUT2D eigenvalue weighted by Crippen LogP contribution is 2.25. The molecular weight excluding hydrogens is 415 g/mol. The van der Waals surface area contributed by atoms with Crippen LogP contribution in [-0.4, -0.2) is 26.8 Å². The second-order valence-electron chi connectivity index (χ2n) is 6.99. The van der Waals surface area contributed by atoms with Gasteiger partial charge in [0, 0.05) is 42.0 Å². The van der Waals surface area contributed by atoms with E-state index in [1.54, 1.807) is 54.0 Å². The fourth-order valence-corrected chi connectivity index (χ4v) is 4.08. The smallest absolute Gasteiger partial charge is 0.312 e. The quantitative estimate of drug-likeness (QED) is 0.423. The highest BCUT2D eigenvalue weighted by molar-refractivity contribution is 7.07. The summed E-state index contributed by atoms with van der Waals surface area (Å²) in [5, 5.41) is 8.76. The average Bonchev–Trinajstić information content (AvgIpc) is 3.44. The number of carbonyl (C=O) groups excluding carboxylic acids is 1. The van der Waals surface area contributed by atoms with Crippen molar-refractivity contribution in [1.29, 1.82) is 0 Å². The Morgan fingerprint density at radius 2 is 1.97 bits per heavy atom. The lowest BCUT2D eigenvalue weighted by Gasteiger charge is -2.10. The van der Waals surface area contributed by atoms with Crippen molar-refractivity contribution in [2.24, 2.45) is 0 Å². The third kappa shape index (κ3) is 4.80. The summed E-state index contributed by atoms with van der Waals surface area (Å²) in [7, 11) is 0. The van der Waals surface area contributed by atoms with Crippen LogP contribution < -0.4 is 10.2 Å². The Hall–Kier alpha value is -3.52. The lowest BCUT2D eigenvalue weighted by atomic mass is 10.1. The number of aromatic nitrogens is 3.